The summed E-state index contributed by atoms with van der Waals surface area (Å²) in [5, 5.41) is 3.16. The molecule has 2 rings (SSSR count). The molecule has 0 aliphatic heterocycles. The Labute approximate surface area is 94.0 Å². The van der Waals surface area contributed by atoms with E-state index in [1.165, 1.54) is 0 Å². The lowest BCUT2D eigenvalue weighted by Gasteiger charge is -2.32. The Bertz CT molecular complexity index is 314. The summed E-state index contributed by atoms with van der Waals surface area (Å²) in [4.78, 5) is 0. The molecule has 0 aromatic carbocycles. The third kappa shape index (κ3) is 2.43. The topological polar surface area (TPSA) is 25.2 Å². The van der Waals surface area contributed by atoms with Crippen molar-refractivity contribution in [2.75, 3.05) is 7.05 Å². The Kier molecular flexibility index (Phi) is 3.28. The predicted octanol–water partition coefficient (Wildman–Crippen LogP) is 3.37. The fraction of sp³-hybridized carbons (Fsp3) is 0.667. The van der Waals surface area contributed by atoms with Crippen LogP contribution in [0.2, 0.25) is 0 Å². The van der Waals surface area contributed by atoms with Crippen LogP contribution in [0.5, 0.6) is 0 Å². The monoisotopic (exact) mass is 229 g/mol. The van der Waals surface area contributed by atoms with Crippen molar-refractivity contribution in [2.24, 2.45) is 5.92 Å². The molecule has 0 bridgehead atoms. The minimum atomic E-state index is -2.46. The molecule has 1 saturated carbocycles. The van der Waals surface area contributed by atoms with Crippen LogP contribution in [0.15, 0.2) is 22.8 Å². The average molecular weight is 229 g/mol. The van der Waals surface area contributed by atoms with E-state index in [0.717, 1.165) is 5.76 Å². The molecule has 16 heavy (non-hydrogen) atoms. The van der Waals surface area contributed by atoms with Gasteiger partial charge >= 0.3 is 0 Å². The minimum Gasteiger partial charge on any atom is -0.468 e. The van der Waals surface area contributed by atoms with Gasteiger partial charge in [0, 0.05) is 12.8 Å². The third-order valence-corrected chi connectivity index (χ3v) is 3.39. The van der Waals surface area contributed by atoms with Crippen LogP contribution in [0.3, 0.4) is 0 Å². The van der Waals surface area contributed by atoms with Gasteiger partial charge in [-0.05, 0) is 37.9 Å². The number of hydrogen-bond donors (Lipinski definition) is 1. The van der Waals surface area contributed by atoms with Crippen molar-refractivity contribution in [2.45, 2.75) is 37.6 Å². The van der Waals surface area contributed by atoms with Crippen molar-refractivity contribution in [3.63, 3.8) is 0 Å². The number of hydrogen-bond acceptors (Lipinski definition) is 2. The Morgan fingerprint density at radius 2 is 2.12 bits per heavy atom. The molecule has 1 fully saturated rings. The number of alkyl halides is 2. The molecule has 0 amide bonds. The van der Waals surface area contributed by atoms with E-state index < -0.39 is 5.92 Å². The van der Waals surface area contributed by atoms with Crippen LogP contribution in [0, 0.1) is 5.92 Å². The van der Waals surface area contributed by atoms with E-state index in [0.29, 0.717) is 12.8 Å². The molecule has 1 aliphatic carbocycles. The highest BCUT2D eigenvalue weighted by atomic mass is 19.3. The van der Waals surface area contributed by atoms with E-state index >= 15 is 0 Å². The molecule has 0 radical (unpaired) electrons. The Morgan fingerprint density at radius 1 is 1.44 bits per heavy atom. The zero-order chi connectivity index (χ0) is 11.6. The Hall–Kier alpha value is -0.900. The van der Waals surface area contributed by atoms with E-state index in [1.54, 1.807) is 6.26 Å². The number of nitrogens with one attached hydrogen (secondary N) is 1. The molecule has 0 spiro atoms. The second-order valence-electron chi connectivity index (χ2n) is 4.48. The van der Waals surface area contributed by atoms with Crippen molar-refractivity contribution >= 4 is 0 Å². The number of halogens is 2. The first-order valence-electron chi connectivity index (χ1n) is 5.71. The van der Waals surface area contributed by atoms with Crippen LogP contribution in [-0.2, 0) is 0 Å². The predicted molar refractivity (Wildman–Crippen MR) is 57.4 cm³/mol. The molecule has 1 aliphatic rings. The van der Waals surface area contributed by atoms with Gasteiger partial charge in [0.1, 0.15) is 5.76 Å². The molecule has 1 unspecified atom stereocenters. The molecule has 1 heterocycles. The quantitative estimate of drug-likeness (QED) is 0.859. The van der Waals surface area contributed by atoms with Gasteiger partial charge < -0.3 is 9.73 Å². The summed E-state index contributed by atoms with van der Waals surface area (Å²) in [5.74, 6) is -1.37. The lowest BCUT2D eigenvalue weighted by atomic mass is 9.81. The van der Waals surface area contributed by atoms with Crippen molar-refractivity contribution in [3.8, 4) is 0 Å². The fourth-order valence-electron chi connectivity index (χ4n) is 2.47. The van der Waals surface area contributed by atoms with E-state index in [1.807, 2.05) is 19.2 Å². The van der Waals surface area contributed by atoms with Crippen LogP contribution in [0.1, 0.15) is 37.5 Å². The van der Waals surface area contributed by atoms with Crippen LogP contribution >= 0.6 is 0 Å². The van der Waals surface area contributed by atoms with Crippen molar-refractivity contribution in [1.29, 1.82) is 0 Å². The highest BCUT2D eigenvalue weighted by molar-refractivity contribution is 5.06. The van der Waals surface area contributed by atoms with Crippen LogP contribution in [-0.4, -0.2) is 13.0 Å². The molecule has 4 heteroatoms. The molecule has 1 N–H and O–H groups in total. The van der Waals surface area contributed by atoms with Gasteiger partial charge in [0.25, 0.3) is 0 Å². The molecular weight excluding hydrogens is 212 g/mol. The molecule has 0 saturated heterocycles. The largest absolute Gasteiger partial charge is 0.468 e. The van der Waals surface area contributed by atoms with Crippen molar-refractivity contribution in [3.05, 3.63) is 24.2 Å². The lowest BCUT2D eigenvalue weighted by molar-refractivity contribution is -0.0502. The van der Waals surface area contributed by atoms with E-state index in [2.05, 4.69) is 5.32 Å². The van der Waals surface area contributed by atoms with E-state index in [9.17, 15) is 8.78 Å². The van der Waals surface area contributed by atoms with Gasteiger partial charge in [-0.3, -0.25) is 0 Å². The molecular formula is C12H17F2NO. The van der Waals surface area contributed by atoms with Gasteiger partial charge in [-0.15, -0.1) is 0 Å². The lowest BCUT2D eigenvalue weighted by Crippen LogP contribution is -2.32. The van der Waals surface area contributed by atoms with Crippen molar-refractivity contribution in [1.82, 2.24) is 5.32 Å². The zero-order valence-corrected chi connectivity index (χ0v) is 9.38. The first-order valence-corrected chi connectivity index (χ1v) is 5.71. The summed E-state index contributed by atoms with van der Waals surface area (Å²) in [5.41, 5.74) is 0. The maximum atomic E-state index is 13.0. The third-order valence-electron chi connectivity index (χ3n) is 3.39. The smallest absolute Gasteiger partial charge is 0.248 e. The molecule has 1 aromatic rings. The normalized spacial score (nSPS) is 23.2. The van der Waals surface area contributed by atoms with Gasteiger partial charge in [0.15, 0.2) is 0 Å². The second kappa shape index (κ2) is 4.53. The molecule has 1 atom stereocenters. The SMILES string of the molecule is CNC(c1ccco1)C1CCC(F)(F)CC1. The minimum absolute atomic E-state index is 0.00342. The van der Waals surface area contributed by atoms with Crippen molar-refractivity contribution < 1.29 is 13.2 Å². The van der Waals surface area contributed by atoms with Gasteiger partial charge in [-0.25, -0.2) is 8.78 Å². The highest BCUT2D eigenvalue weighted by Crippen LogP contribution is 2.41. The summed E-state index contributed by atoms with van der Waals surface area (Å²) in [7, 11) is 1.85. The van der Waals surface area contributed by atoms with E-state index in [4.69, 9.17) is 4.42 Å². The summed E-state index contributed by atoms with van der Waals surface area (Å²) in [6, 6.07) is 3.79. The molecule has 2 nitrogen and oxygen atoms in total. The fourth-order valence-corrected chi connectivity index (χ4v) is 2.47. The Balaban J connectivity index is 2.02. The molecule has 1 aromatic heterocycles. The summed E-state index contributed by atoms with van der Waals surface area (Å²) in [6.45, 7) is 0. The van der Waals surface area contributed by atoms with Gasteiger partial charge in [0.2, 0.25) is 5.92 Å². The average Bonchev–Trinajstić information content (AvgIpc) is 2.75. The highest BCUT2D eigenvalue weighted by Gasteiger charge is 2.38. The maximum absolute atomic E-state index is 13.0. The zero-order valence-electron chi connectivity index (χ0n) is 9.38. The molecule has 90 valence electrons. The van der Waals surface area contributed by atoms with Gasteiger partial charge in [0.05, 0.1) is 12.3 Å². The second-order valence-corrected chi connectivity index (χ2v) is 4.48. The van der Waals surface area contributed by atoms with Gasteiger partial charge in [-0.2, -0.15) is 0 Å². The number of furan rings is 1. The van der Waals surface area contributed by atoms with Crippen LogP contribution < -0.4 is 5.32 Å². The number of rotatable bonds is 3. The van der Waals surface area contributed by atoms with Crippen LogP contribution in [0.4, 0.5) is 8.78 Å². The van der Waals surface area contributed by atoms with Crippen LogP contribution in [0.25, 0.3) is 0 Å². The summed E-state index contributed by atoms with van der Waals surface area (Å²) < 4.78 is 31.4. The summed E-state index contributed by atoms with van der Waals surface area (Å²) in [6.07, 6.45) is 2.72. The van der Waals surface area contributed by atoms with Gasteiger partial charge in [-0.1, -0.05) is 0 Å². The standard InChI is InChI=1S/C12H17F2NO/c1-15-11(10-3-2-8-16-10)9-4-6-12(13,14)7-5-9/h2-3,8-9,11,15H,4-7H2,1H3. The maximum Gasteiger partial charge on any atom is 0.248 e. The van der Waals surface area contributed by atoms with E-state index in [-0.39, 0.29) is 24.8 Å². The Morgan fingerprint density at radius 3 is 2.62 bits per heavy atom. The summed E-state index contributed by atoms with van der Waals surface area (Å²) >= 11 is 0. The first kappa shape index (κ1) is 11.6. The first-order chi connectivity index (χ1) is 7.62.